The highest BCUT2D eigenvalue weighted by Gasteiger charge is 2.27. The molecule has 2 aromatic carbocycles. The Morgan fingerprint density at radius 1 is 1.07 bits per heavy atom. The molecule has 0 spiro atoms. The van der Waals surface area contributed by atoms with E-state index in [-0.39, 0.29) is 11.6 Å². The zero-order valence-electron chi connectivity index (χ0n) is 15.9. The van der Waals surface area contributed by atoms with Crippen LogP contribution in [0.4, 0.5) is 8.78 Å². The van der Waals surface area contributed by atoms with E-state index in [1.54, 1.807) is 4.57 Å². The van der Waals surface area contributed by atoms with Gasteiger partial charge in [0.2, 0.25) is 5.91 Å². The van der Waals surface area contributed by atoms with E-state index in [0.717, 1.165) is 37.6 Å². The van der Waals surface area contributed by atoms with Crippen molar-refractivity contribution in [3.05, 3.63) is 60.2 Å². The number of aromatic nitrogens is 3. The Hall–Kier alpha value is -2.74. The van der Waals surface area contributed by atoms with E-state index >= 15 is 0 Å². The SMILES string of the molecule is C[C@@H](Sc1nnc(-c2ccccc2)n1-c1ccc(F)cc1F)C(=O)N1CCCC1. The van der Waals surface area contributed by atoms with Crippen molar-refractivity contribution in [1.82, 2.24) is 19.7 Å². The minimum atomic E-state index is -0.720. The number of benzene rings is 2. The van der Waals surface area contributed by atoms with Crippen molar-refractivity contribution in [2.45, 2.75) is 30.2 Å². The lowest BCUT2D eigenvalue weighted by Crippen LogP contribution is -2.34. The molecule has 1 amide bonds. The summed E-state index contributed by atoms with van der Waals surface area (Å²) in [6, 6.07) is 12.6. The van der Waals surface area contributed by atoms with Crippen LogP contribution in [0.3, 0.4) is 0 Å². The molecule has 1 saturated heterocycles. The van der Waals surface area contributed by atoms with E-state index < -0.39 is 16.9 Å². The highest BCUT2D eigenvalue weighted by molar-refractivity contribution is 8.00. The Kier molecular flexibility index (Phi) is 5.62. The molecular weight excluding hydrogens is 394 g/mol. The van der Waals surface area contributed by atoms with Crippen LogP contribution in [0.15, 0.2) is 53.7 Å². The van der Waals surface area contributed by atoms with Crippen molar-refractivity contribution >= 4 is 17.7 Å². The molecule has 8 heteroatoms. The summed E-state index contributed by atoms with van der Waals surface area (Å²) < 4.78 is 29.6. The van der Waals surface area contributed by atoms with Gasteiger partial charge in [-0.2, -0.15) is 0 Å². The molecule has 1 fully saturated rings. The van der Waals surface area contributed by atoms with Gasteiger partial charge in [0.15, 0.2) is 11.0 Å². The molecule has 0 radical (unpaired) electrons. The number of hydrogen-bond acceptors (Lipinski definition) is 4. The fourth-order valence-corrected chi connectivity index (χ4v) is 4.35. The summed E-state index contributed by atoms with van der Waals surface area (Å²) in [5.74, 6) is -0.919. The standard InChI is InChI=1S/C21H20F2N4OS/c1-14(20(28)26-11-5-6-12-26)29-21-25-24-19(15-7-3-2-4-8-15)27(21)18-10-9-16(22)13-17(18)23/h2-4,7-10,13-14H,5-6,11-12H2,1H3/t14-/m1/s1. The third-order valence-electron chi connectivity index (χ3n) is 4.86. The van der Waals surface area contributed by atoms with Crippen LogP contribution < -0.4 is 0 Å². The van der Waals surface area contributed by atoms with Crippen molar-refractivity contribution in [1.29, 1.82) is 0 Å². The van der Waals surface area contributed by atoms with E-state index in [9.17, 15) is 13.6 Å². The number of carbonyl (C=O) groups excluding carboxylic acids is 1. The molecule has 0 N–H and O–H groups in total. The number of carbonyl (C=O) groups is 1. The predicted octanol–water partition coefficient (Wildman–Crippen LogP) is 4.32. The van der Waals surface area contributed by atoms with E-state index in [0.29, 0.717) is 11.0 Å². The maximum Gasteiger partial charge on any atom is 0.235 e. The zero-order chi connectivity index (χ0) is 20.4. The van der Waals surface area contributed by atoms with Crippen molar-refractivity contribution in [2.75, 3.05) is 13.1 Å². The van der Waals surface area contributed by atoms with Crippen LogP contribution in [0.25, 0.3) is 17.1 Å². The summed E-state index contributed by atoms with van der Waals surface area (Å²) >= 11 is 1.23. The first-order chi connectivity index (χ1) is 14.0. The van der Waals surface area contributed by atoms with Crippen LogP contribution in [-0.4, -0.2) is 43.9 Å². The molecule has 2 heterocycles. The monoisotopic (exact) mass is 414 g/mol. The van der Waals surface area contributed by atoms with Gasteiger partial charge in [-0.05, 0) is 31.9 Å². The van der Waals surface area contributed by atoms with Crippen LogP contribution in [0.5, 0.6) is 0 Å². The Balaban J connectivity index is 1.74. The molecule has 0 saturated carbocycles. The largest absolute Gasteiger partial charge is 0.342 e. The van der Waals surface area contributed by atoms with Gasteiger partial charge in [-0.3, -0.25) is 9.36 Å². The number of thioether (sulfide) groups is 1. The number of amides is 1. The Labute approximate surface area is 171 Å². The lowest BCUT2D eigenvalue weighted by Gasteiger charge is -2.20. The molecule has 1 atom stereocenters. The predicted molar refractivity (Wildman–Crippen MR) is 108 cm³/mol. The zero-order valence-corrected chi connectivity index (χ0v) is 16.7. The summed E-state index contributed by atoms with van der Waals surface area (Å²) in [6.07, 6.45) is 2.02. The maximum atomic E-state index is 14.6. The third-order valence-corrected chi connectivity index (χ3v) is 5.89. The van der Waals surface area contributed by atoms with Gasteiger partial charge in [0.05, 0.1) is 10.9 Å². The second kappa shape index (κ2) is 8.32. The normalized spacial score (nSPS) is 14.9. The Morgan fingerprint density at radius 3 is 2.48 bits per heavy atom. The summed E-state index contributed by atoms with van der Waals surface area (Å²) in [5.41, 5.74) is 0.882. The third kappa shape index (κ3) is 4.03. The number of rotatable bonds is 5. The van der Waals surface area contributed by atoms with Gasteiger partial charge in [0.1, 0.15) is 11.6 Å². The van der Waals surface area contributed by atoms with Gasteiger partial charge in [-0.15, -0.1) is 10.2 Å². The van der Waals surface area contributed by atoms with E-state index in [2.05, 4.69) is 10.2 Å². The molecule has 0 unspecified atom stereocenters. The van der Waals surface area contributed by atoms with Gasteiger partial charge in [0.25, 0.3) is 0 Å². The number of likely N-dealkylation sites (tertiary alicyclic amines) is 1. The molecule has 4 rings (SSSR count). The van der Waals surface area contributed by atoms with Crippen LogP contribution in [0.1, 0.15) is 19.8 Å². The average Bonchev–Trinajstić information content (AvgIpc) is 3.39. The van der Waals surface area contributed by atoms with Gasteiger partial charge in [-0.1, -0.05) is 42.1 Å². The molecule has 1 aliphatic rings. The summed E-state index contributed by atoms with van der Waals surface area (Å²) in [4.78, 5) is 14.6. The second-order valence-electron chi connectivity index (χ2n) is 6.90. The molecule has 0 aliphatic carbocycles. The molecule has 0 bridgehead atoms. The highest BCUT2D eigenvalue weighted by Crippen LogP contribution is 2.32. The Morgan fingerprint density at radius 2 is 1.79 bits per heavy atom. The number of nitrogens with zero attached hydrogens (tertiary/aromatic N) is 4. The summed E-state index contributed by atoms with van der Waals surface area (Å²) in [7, 11) is 0. The second-order valence-corrected chi connectivity index (χ2v) is 8.20. The van der Waals surface area contributed by atoms with Crippen LogP contribution in [0, 0.1) is 11.6 Å². The first-order valence-electron chi connectivity index (χ1n) is 9.46. The fraction of sp³-hybridized carbons (Fsp3) is 0.286. The molecule has 5 nitrogen and oxygen atoms in total. The van der Waals surface area contributed by atoms with Crippen molar-refractivity contribution < 1.29 is 13.6 Å². The van der Waals surface area contributed by atoms with Gasteiger partial charge >= 0.3 is 0 Å². The van der Waals surface area contributed by atoms with Crippen molar-refractivity contribution in [3.8, 4) is 17.1 Å². The average molecular weight is 414 g/mol. The quantitative estimate of drug-likeness (QED) is 0.584. The summed E-state index contributed by atoms with van der Waals surface area (Å²) in [6.45, 7) is 3.34. The lowest BCUT2D eigenvalue weighted by atomic mass is 10.2. The number of halogens is 2. The first-order valence-corrected chi connectivity index (χ1v) is 10.3. The summed E-state index contributed by atoms with van der Waals surface area (Å²) in [5, 5.41) is 8.45. The molecule has 3 aromatic rings. The van der Waals surface area contributed by atoms with Crippen molar-refractivity contribution in [3.63, 3.8) is 0 Å². The maximum absolute atomic E-state index is 14.6. The molecule has 150 valence electrons. The lowest BCUT2D eigenvalue weighted by molar-refractivity contribution is -0.129. The number of hydrogen-bond donors (Lipinski definition) is 0. The topological polar surface area (TPSA) is 51.0 Å². The van der Waals surface area contributed by atoms with E-state index in [4.69, 9.17) is 0 Å². The minimum absolute atomic E-state index is 0.0305. The Bertz CT molecular complexity index is 1020. The molecular formula is C21H20F2N4OS. The van der Waals surface area contributed by atoms with Crippen molar-refractivity contribution in [2.24, 2.45) is 0 Å². The van der Waals surface area contributed by atoms with Crippen LogP contribution in [0.2, 0.25) is 0 Å². The van der Waals surface area contributed by atoms with Gasteiger partial charge < -0.3 is 4.90 Å². The molecule has 1 aromatic heterocycles. The first kappa shape index (κ1) is 19.6. The minimum Gasteiger partial charge on any atom is -0.342 e. The van der Waals surface area contributed by atoms with Gasteiger partial charge in [0, 0.05) is 24.7 Å². The van der Waals surface area contributed by atoms with Gasteiger partial charge in [-0.25, -0.2) is 8.78 Å². The fourth-order valence-electron chi connectivity index (χ4n) is 3.40. The van der Waals surface area contributed by atoms with Crippen LogP contribution in [-0.2, 0) is 4.79 Å². The van der Waals surface area contributed by atoms with E-state index in [1.165, 1.54) is 23.9 Å². The highest BCUT2D eigenvalue weighted by atomic mass is 32.2. The molecule has 29 heavy (non-hydrogen) atoms. The molecule has 1 aliphatic heterocycles. The smallest absolute Gasteiger partial charge is 0.235 e. The van der Waals surface area contributed by atoms with Crippen LogP contribution >= 0.6 is 11.8 Å². The van der Waals surface area contributed by atoms with E-state index in [1.807, 2.05) is 42.2 Å².